The molecule has 1 fully saturated rings. The number of hydrogen-bond acceptors (Lipinski definition) is 7. The number of thiophene rings is 1. The van der Waals surface area contributed by atoms with Crippen molar-refractivity contribution in [3.8, 4) is 0 Å². The molecule has 0 bridgehead atoms. The summed E-state index contributed by atoms with van der Waals surface area (Å²) in [5.41, 5.74) is 1.85. The lowest BCUT2D eigenvalue weighted by Gasteiger charge is -2.34. The first-order valence-electron chi connectivity index (χ1n) is 10.9. The number of benzene rings is 1. The second-order valence-electron chi connectivity index (χ2n) is 8.12. The van der Waals surface area contributed by atoms with Crippen LogP contribution in [0.3, 0.4) is 0 Å². The van der Waals surface area contributed by atoms with Crippen molar-refractivity contribution < 1.29 is 4.79 Å². The topological polar surface area (TPSA) is 70.0 Å². The second-order valence-corrected chi connectivity index (χ2v) is 9.97. The first kappa shape index (κ1) is 22.0. The summed E-state index contributed by atoms with van der Waals surface area (Å²) < 4.78 is 1.57. The van der Waals surface area contributed by atoms with Crippen LogP contribution in [0.15, 0.2) is 70.3 Å². The van der Waals surface area contributed by atoms with E-state index in [-0.39, 0.29) is 17.5 Å². The van der Waals surface area contributed by atoms with Crippen LogP contribution in [0.25, 0.3) is 4.96 Å². The van der Waals surface area contributed by atoms with Gasteiger partial charge in [-0.05, 0) is 17.0 Å². The number of carbonyl (C=O) groups excluding carboxylic acids is 1. The molecule has 4 aromatic rings. The number of rotatable bonds is 7. The third kappa shape index (κ3) is 5.22. The van der Waals surface area contributed by atoms with E-state index in [2.05, 4.69) is 38.3 Å². The molecule has 0 unspecified atom stereocenters. The van der Waals surface area contributed by atoms with Crippen LogP contribution in [0.5, 0.6) is 0 Å². The van der Waals surface area contributed by atoms with Crippen molar-refractivity contribution in [1.82, 2.24) is 24.5 Å². The molecule has 170 valence electrons. The molecule has 1 N–H and O–H groups in total. The minimum absolute atomic E-state index is 0.0311. The van der Waals surface area contributed by atoms with Gasteiger partial charge in [0.2, 0.25) is 5.91 Å². The van der Waals surface area contributed by atoms with Crippen LogP contribution in [0.2, 0.25) is 0 Å². The highest BCUT2D eigenvalue weighted by atomic mass is 32.1. The molecule has 3 aromatic heterocycles. The standard InChI is InChI=1S/C24H25N5O2S2/c30-21(26-23(20-7-4-13-32-20)18-5-2-1-3-6-18)17-28-10-8-27(9-11-28)16-19-15-22(31)29-12-14-33-24(29)25-19/h1-7,12-15,23H,8-11,16-17H2,(H,26,30)/t23-/m0/s1. The molecule has 0 radical (unpaired) electrons. The minimum atomic E-state index is -0.127. The summed E-state index contributed by atoms with van der Waals surface area (Å²) in [5.74, 6) is 0.0311. The average molecular weight is 480 g/mol. The fourth-order valence-electron chi connectivity index (χ4n) is 4.13. The van der Waals surface area contributed by atoms with Crippen molar-refractivity contribution in [1.29, 1.82) is 0 Å². The van der Waals surface area contributed by atoms with Crippen LogP contribution in [0, 0.1) is 0 Å². The number of carbonyl (C=O) groups is 1. The van der Waals surface area contributed by atoms with Crippen LogP contribution in [-0.2, 0) is 11.3 Å². The van der Waals surface area contributed by atoms with E-state index >= 15 is 0 Å². The maximum absolute atomic E-state index is 12.9. The Morgan fingerprint density at radius 3 is 2.55 bits per heavy atom. The third-order valence-corrected chi connectivity index (χ3v) is 7.53. The molecule has 1 aliphatic heterocycles. The monoisotopic (exact) mass is 479 g/mol. The number of hydrogen-bond donors (Lipinski definition) is 1. The fraction of sp³-hybridized carbons (Fsp3) is 0.292. The zero-order chi connectivity index (χ0) is 22.6. The Labute approximate surface area is 199 Å². The molecule has 1 aromatic carbocycles. The highest BCUT2D eigenvalue weighted by Crippen LogP contribution is 2.25. The predicted molar refractivity (Wildman–Crippen MR) is 132 cm³/mol. The van der Waals surface area contributed by atoms with Crippen LogP contribution < -0.4 is 10.9 Å². The largest absolute Gasteiger partial charge is 0.343 e. The smallest absolute Gasteiger partial charge is 0.258 e. The van der Waals surface area contributed by atoms with E-state index in [1.165, 1.54) is 11.3 Å². The lowest BCUT2D eigenvalue weighted by molar-refractivity contribution is -0.123. The number of nitrogens with one attached hydrogen (secondary N) is 1. The fourth-order valence-corrected chi connectivity index (χ4v) is 5.67. The Morgan fingerprint density at radius 1 is 1.00 bits per heavy atom. The van der Waals surface area contributed by atoms with Gasteiger partial charge in [0.25, 0.3) is 5.56 Å². The summed E-state index contributed by atoms with van der Waals surface area (Å²) in [6.45, 7) is 4.32. The van der Waals surface area contributed by atoms with Gasteiger partial charge in [-0.25, -0.2) is 4.98 Å². The van der Waals surface area contributed by atoms with Gasteiger partial charge in [-0.15, -0.1) is 22.7 Å². The highest BCUT2D eigenvalue weighted by molar-refractivity contribution is 7.15. The van der Waals surface area contributed by atoms with Gasteiger partial charge in [-0.2, -0.15) is 0 Å². The summed E-state index contributed by atoms with van der Waals surface area (Å²) >= 11 is 3.12. The molecule has 0 saturated carbocycles. The number of aromatic nitrogens is 2. The van der Waals surface area contributed by atoms with Gasteiger partial charge in [-0.3, -0.25) is 23.8 Å². The zero-order valence-corrected chi connectivity index (χ0v) is 19.7. The van der Waals surface area contributed by atoms with Crippen molar-refractivity contribution >= 4 is 33.5 Å². The van der Waals surface area contributed by atoms with Gasteiger partial charge in [0.05, 0.1) is 18.3 Å². The van der Waals surface area contributed by atoms with E-state index in [1.54, 1.807) is 28.0 Å². The molecule has 1 saturated heterocycles. The Morgan fingerprint density at radius 2 is 1.79 bits per heavy atom. The first-order valence-corrected chi connectivity index (χ1v) is 12.7. The lowest BCUT2D eigenvalue weighted by Crippen LogP contribution is -2.49. The number of piperazine rings is 1. The third-order valence-electron chi connectivity index (χ3n) is 5.84. The van der Waals surface area contributed by atoms with E-state index in [0.29, 0.717) is 13.1 Å². The molecule has 33 heavy (non-hydrogen) atoms. The van der Waals surface area contributed by atoms with E-state index in [4.69, 9.17) is 0 Å². The van der Waals surface area contributed by atoms with Crippen molar-refractivity contribution in [2.24, 2.45) is 0 Å². The molecule has 1 aliphatic rings. The molecule has 7 nitrogen and oxygen atoms in total. The molecule has 1 atom stereocenters. The van der Waals surface area contributed by atoms with Crippen LogP contribution in [0.1, 0.15) is 22.2 Å². The zero-order valence-electron chi connectivity index (χ0n) is 18.1. The maximum atomic E-state index is 12.9. The Bertz CT molecular complexity index is 1260. The van der Waals surface area contributed by atoms with Gasteiger partial charge in [0.15, 0.2) is 4.96 Å². The van der Waals surface area contributed by atoms with Gasteiger partial charge in [-0.1, -0.05) is 36.4 Å². The van der Waals surface area contributed by atoms with Crippen LogP contribution >= 0.6 is 22.7 Å². The van der Waals surface area contributed by atoms with Gasteiger partial charge >= 0.3 is 0 Å². The average Bonchev–Trinajstić information content (AvgIpc) is 3.52. The van der Waals surface area contributed by atoms with E-state index < -0.39 is 0 Å². The summed E-state index contributed by atoms with van der Waals surface area (Å²) in [6, 6.07) is 15.7. The quantitative estimate of drug-likeness (QED) is 0.442. The summed E-state index contributed by atoms with van der Waals surface area (Å²) in [5, 5.41) is 7.14. The van der Waals surface area contributed by atoms with Gasteiger partial charge in [0.1, 0.15) is 0 Å². The molecule has 1 amide bonds. The Hall–Kier alpha value is -2.85. The molecule has 4 heterocycles. The molecular weight excluding hydrogens is 454 g/mol. The molecule has 0 spiro atoms. The van der Waals surface area contributed by atoms with E-state index in [9.17, 15) is 9.59 Å². The van der Waals surface area contributed by atoms with Crippen molar-refractivity contribution in [3.63, 3.8) is 0 Å². The van der Waals surface area contributed by atoms with Gasteiger partial charge in [0, 0.05) is 55.2 Å². The molecular formula is C24H25N5O2S2. The number of thiazole rings is 1. The maximum Gasteiger partial charge on any atom is 0.258 e. The normalized spacial score (nSPS) is 16.1. The molecule has 0 aliphatic carbocycles. The van der Waals surface area contributed by atoms with Crippen molar-refractivity contribution in [2.45, 2.75) is 12.6 Å². The summed E-state index contributed by atoms with van der Waals surface area (Å²) in [4.78, 5) is 36.0. The Balaban J connectivity index is 1.16. The Kier molecular flexibility index (Phi) is 6.63. The second kappa shape index (κ2) is 9.96. The van der Waals surface area contributed by atoms with E-state index in [0.717, 1.165) is 47.3 Å². The SMILES string of the molecule is O=C(CN1CCN(Cc2cc(=O)n3ccsc3n2)CC1)N[C@@H](c1ccccc1)c1cccs1. The number of fused-ring (bicyclic) bond motifs is 1. The first-order chi connectivity index (χ1) is 16.2. The summed E-state index contributed by atoms with van der Waals surface area (Å²) in [6.07, 6.45) is 1.75. The lowest BCUT2D eigenvalue weighted by atomic mass is 10.1. The number of nitrogens with zero attached hydrogens (tertiary/aromatic N) is 4. The minimum Gasteiger partial charge on any atom is -0.343 e. The summed E-state index contributed by atoms with van der Waals surface area (Å²) in [7, 11) is 0. The van der Waals surface area contributed by atoms with Gasteiger partial charge < -0.3 is 5.32 Å². The van der Waals surface area contributed by atoms with Crippen LogP contribution in [-0.4, -0.2) is 57.8 Å². The van der Waals surface area contributed by atoms with Crippen molar-refractivity contribution in [3.05, 3.63) is 92.0 Å². The van der Waals surface area contributed by atoms with E-state index in [1.807, 2.05) is 35.0 Å². The molecule has 9 heteroatoms. The van der Waals surface area contributed by atoms with Crippen molar-refractivity contribution in [2.75, 3.05) is 32.7 Å². The number of amides is 1. The predicted octanol–water partition coefficient (Wildman–Crippen LogP) is 2.84. The molecule has 5 rings (SSSR count). The van der Waals surface area contributed by atoms with Crippen LogP contribution in [0.4, 0.5) is 0 Å². The highest BCUT2D eigenvalue weighted by Gasteiger charge is 2.22.